The van der Waals surface area contributed by atoms with Crippen LogP contribution in [0.3, 0.4) is 0 Å². The third kappa shape index (κ3) is 9.30. The van der Waals surface area contributed by atoms with Crippen LogP contribution in [-0.4, -0.2) is 78.8 Å². The highest BCUT2D eigenvalue weighted by Gasteiger charge is 2.41. The molecule has 262 valence electrons. The SMILES string of the molecule is COc1ccc(C[N+]2(C)CCC[C@H](N(C(=O)Nc3ccc(OC(=O)C4CCCCC4)cc3)C(=O)[C@@H](N)Cc3ccc(O)cc3)C2)cc1OC. The highest BCUT2D eigenvalue weighted by molar-refractivity contribution is 6.03. The van der Waals surface area contributed by atoms with E-state index in [4.69, 9.17) is 19.9 Å². The number of rotatable bonds is 11. The van der Waals surface area contributed by atoms with Gasteiger partial charge in [0.05, 0.1) is 45.8 Å². The number of likely N-dealkylation sites (tertiary alicyclic amines) is 1. The molecular weight excluding hydrogens is 624 g/mol. The van der Waals surface area contributed by atoms with E-state index in [1.54, 1.807) is 62.8 Å². The number of esters is 1. The molecule has 49 heavy (non-hydrogen) atoms. The Hall–Kier alpha value is -4.61. The summed E-state index contributed by atoms with van der Waals surface area (Å²) in [7, 11) is 5.34. The van der Waals surface area contributed by atoms with Crippen molar-refractivity contribution in [3.05, 3.63) is 77.9 Å². The molecule has 11 heteroatoms. The number of amides is 3. The predicted molar refractivity (Wildman–Crippen MR) is 186 cm³/mol. The molecule has 3 aromatic rings. The molecule has 1 saturated carbocycles. The van der Waals surface area contributed by atoms with Crippen LogP contribution in [0.25, 0.3) is 0 Å². The zero-order valence-electron chi connectivity index (χ0n) is 28.7. The fraction of sp³-hybridized carbons (Fsp3) is 0.447. The summed E-state index contributed by atoms with van der Waals surface area (Å²) in [6.45, 7) is 2.08. The summed E-state index contributed by atoms with van der Waals surface area (Å²) in [4.78, 5) is 42.1. The zero-order chi connectivity index (χ0) is 35.0. The van der Waals surface area contributed by atoms with E-state index < -0.39 is 24.0 Å². The molecule has 2 aliphatic rings. The van der Waals surface area contributed by atoms with Gasteiger partial charge in [0, 0.05) is 11.3 Å². The van der Waals surface area contributed by atoms with Crippen molar-refractivity contribution in [2.24, 2.45) is 11.7 Å². The number of ether oxygens (including phenoxy) is 3. The normalized spacial score (nSPS) is 20.1. The average Bonchev–Trinajstić information content (AvgIpc) is 3.10. The Bertz CT molecular complexity index is 1590. The minimum atomic E-state index is -0.983. The Kier molecular flexibility index (Phi) is 11.8. The summed E-state index contributed by atoms with van der Waals surface area (Å²) in [5.41, 5.74) is 8.78. The van der Waals surface area contributed by atoms with E-state index in [0.717, 1.165) is 56.2 Å². The molecule has 4 N–H and O–H groups in total. The smallest absolute Gasteiger partial charge is 0.329 e. The van der Waals surface area contributed by atoms with E-state index in [0.29, 0.717) is 46.9 Å². The predicted octanol–water partition coefficient (Wildman–Crippen LogP) is 5.63. The van der Waals surface area contributed by atoms with E-state index in [1.165, 1.54) is 4.90 Å². The molecule has 1 aliphatic carbocycles. The molecule has 3 amide bonds. The second-order valence-corrected chi connectivity index (χ2v) is 13.6. The number of hydrogen-bond acceptors (Lipinski definition) is 8. The molecule has 0 aromatic heterocycles. The first-order valence-corrected chi connectivity index (χ1v) is 17.1. The lowest BCUT2D eigenvalue weighted by atomic mass is 9.89. The van der Waals surface area contributed by atoms with Crippen LogP contribution >= 0.6 is 0 Å². The van der Waals surface area contributed by atoms with Gasteiger partial charge in [0.25, 0.3) is 0 Å². The maximum atomic E-state index is 14.1. The van der Waals surface area contributed by atoms with E-state index in [2.05, 4.69) is 12.4 Å². The fourth-order valence-electron chi connectivity index (χ4n) is 7.10. The lowest BCUT2D eigenvalue weighted by molar-refractivity contribution is -0.928. The molecular formula is C38H49N4O7+. The number of nitrogens with zero attached hydrogens (tertiary/aromatic N) is 2. The van der Waals surface area contributed by atoms with Crippen LogP contribution in [0.4, 0.5) is 10.5 Å². The molecule has 0 spiro atoms. The number of methoxy groups -OCH3 is 2. The number of likely N-dealkylation sites (N-methyl/N-ethyl adjacent to an activating group) is 1. The van der Waals surface area contributed by atoms with Crippen molar-refractivity contribution < 1.29 is 38.2 Å². The average molecular weight is 674 g/mol. The van der Waals surface area contributed by atoms with Crippen LogP contribution < -0.4 is 25.3 Å². The van der Waals surface area contributed by atoms with Gasteiger partial charge in [-0.3, -0.25) is 14.5 Å². The Morgan fingerprint density at radius 1 is 0.898 bits per heavy atom. The number of piperidine rings is 1. The Balaban J connectivity index is 1.33. The zero-order valence-corrected chi connectivity index (χ0v) is 28.7. The number of hydrogen-bond donors (Lipinski definition) is 3. The number of carbonyl (C=O) groups is 3. The van der Waals surface area contributed by atoms with E-state index >= 15 is 0 Å². The van der Waals surface area contributed by atoms with Gasteiger partial charge in [0.2, 0.25) is 5.91 Å². The third-order valence-electron chi connectivity index (χ3n) is 9.69. The van der Waals surface area contributed by atoms with Crippen LogP contribution in [0.2, 0.25) is 0 Å². The third-order valence-corrected chi connectivity index (χ3v) is 9.69. The molecule has 5 rings (SSSR count). The number of phenolic OH excluding ortho intramolecular Hbond substituents is 1. The molecule has 1 heterocycles. The molecule has 0 bridgehead atoms. The van der Waals surface area contributed by atoms with Crippen molar-refractivity contribution in [3.8, 4) is 23.0 Å². The van der Waals surface area contributed by atoms with Crippen LogP contribution in [-0.2, 0) is 22.6 Å². The number of benzene rings is 3. The number of nitrogens with two attached hydrogens (primary N) is 1. The van der Waals surface area contributed by atoms with Gasteiger partial charge in [0.15, 0.2) is 11.5 Å². The van der Waals surface area contributed by atoms with Crippen molar-refractivity contribution in [2.45, 2.75) is 70.0 Å². The topological polar surface area (TPSA) is 140 Å². The second-order valence-electron chi connectivity index (χ2n) is 13.6. The first-order chi connectivity index (χ1) is 23.6. The second kappa shape index (κ2) is 16.2. The van der Waals surface area contributed by atoms with E-state index in [9.17, 15) is 19.5 Å². The van der Waals surface area contributed by atoms with Gasteiger partial charge in [-0.1, -0.05) is 31.4 Å². The van der Waals surface area contributed by atoms with Gasteiger partial charge in [-0.25, -0.2) is 4.79 Å². The Labute approximate surface area is 288 Å². The summed E-state index contributed by atoms with van der Waals surface area (Å²) in [6.07, 6.45) is 6.56. The van der Waals surface area contributed by atoms with Crippen molar-refractivity contribution in [3.63, 3.8) is 0 Å². The first-order valence-electron chi connectivity index (χ1n) is 17.1. The molecule has 1 aliphatic heterocycles. The summed E-state index contributed by atoms with van der Waals surface area (Å²) in [5, 5.41) is 12.6. The summed E-state index contributed by atoms with van der Waals surface area (Å²) < 4.78 is 17.2. The minimum Gasteiger partial charge on any atom is -0.508 e. The number of anilines is 1. The Morgan fingerprint density at radius 3 is 2.24 bits per heavy atom. The van der Waals surface area contributed by atoms with Gasteiger partial charge < -0.3 is 34.9 Å². The van der Waals surface area contributed by atoms with Crippen LogP contribution in [0, 0.1) is 5.92 Å². The lowest BCUT2D eigenvalue weighted by Gasteiger charge is -2.44. The lowest BCUT2D eigenvalue weighted by Crippen LogP contribution is -2.62. The number of nitrogens with one attached hydrogen (secondary N) is 1. The van der Waals surface area contributed by atoms with Gasteiger partial charge in [0.1, 0.15) is 24.6 Å². The van der Waals surface area contributed by atoms with Crippen LogP contribution in [0.5, 0.6) is 23.0 Å². The van der Waals surface area contributed by atoms with E-state index in [1.807, 2.05) is 18.2 Å². The molecule has 2 fully saturated rings. The molecule has 3 aromatic carbocycles. The quantitative estimate of drug-likeness (QED) is 0.135. The maximum absolute atomic E-state index is 14.1. The maximum Gasteiger partial charge on any atom is 0.329 e. The largest absolute Gasteiger partial charge is 0.508 e. The summed E-state index contributed by atoms with van der Waals surface area (Å²) in [5.74, 6) is 1.05. The highest BCUT2D eigenvalue weighted by atomic mass is 16.5. The number of phenols is 1. The van der Waals surface area contributed by atoms with Gasteiger partial charge >= 0.3 is 12.0 Å². The highest BCUT2D eigenvalue weighted by Crippen LogP contribution is 2.31. The van der Waals surface area contributed by atoms with Crippen molar-refractivity contribution in [2.75, 3.05) is 39.7 Å². The molecule has 11 nitrogen and oxygen atoms in total. The van der Waals surface area contributed by atoms with Crippen LogP contribution in [0.15, 0.2) is 66.7 Å². The summed E-state index contributed by atoms with van der Waals surface area (Å²) in [6, 6.07) is 17.1. The number of aromatic hydroxyl groups is 1. The number of urea groups is 1. The van der Waals surface area contributed by atoms with Crippen molar-refractivity contribution in [1.29, 1.82) is 0 Å². The summed E-state index contributed by atoms with van der Waals surface area (Å²) >= 11 is 0. The molecule has 0 radical (unpaired) electrons. The number of carbonyl (C=O) groups excluding carboxylic acids is 3. The minimum absolute atomic E-state index is 0.0789. The monoisotopic (exact) mass is 673 g/mol. The van der Waals surface area contributed by atoms with Crippen molar-refractivity contribution >= 4 is 23.6 Å². The standard InChI is InChI=1S/C38H48N4O7/c1-42(24-27-13-20-34(47-2)35(23-27)48-3)21-7-10-30(25-42)41(36(44)33(39)22-26-11-16-31(43)17-12-26)38(46)40-29-14-18-32(19-15-29)49-37(45)28-8-5-4-6-9-28/h11-20,23,28,30,33H,4-10,21-22,24-25,39H2,1-3H3,(H-,40,43,46)/p+1/t30-,33-,42?/m0/s1. The molecule has 3 atom stereocenters. The number of quaternary nitrogens is 1. The number of imide groups is 1. The van der Waals surface area contributed by atoms with Crippen LogP contribution in [0.1, 0.15) is 56.1 Å². The van der Waals surface area contributed by atoms with Gasteiger partial charge in [-0.15, -0.1) is 0 Å². The fourth-order valence-corrected chi connectivity index (χ4v) is 7.10. The molecule has 1 saturated heterocycles. The Morgan fingerprint density at radius 2 is 1.57 bits per heavy atom. The van der Waals surface area contributed by atoms with Gasteiger partial charge in [-0.05, 0) is 92.3 Å². The van der Waals surface area contributed by atoms with E-state index in [-0.39, 0.29) is 24.1 Å². The van der Waals surface area contributed by atoms with Crippen molar-refractivity contribution in [1.82, 2.24) is 4.90 Å². The first kappa shape index (κ1) is 35.7. The molecule has 1 unspecified atom stereocenters. The van der Waals surface area contributed by atoms with Gasteiger partial charge in [-0.2, -0.15) is 0 Å².